The number of amides is 1. The molecule has 5 rings (SSSR count). The van der Waals surface area contributed by atoms with E-state index >= 15 is 0 Å². The van der Waals surface area contributed by atoms with Crippen LogP contribution in [-0.4, -0.2) is 57.5 Å². The van der Waals surface area contributed by atoms with Gasteiger partial charge in [-0.2, -0.15) is 5.10 Å². The summed E-state index contributed by atoms with van der Waals surface area (Å²) in [5.74, 6) is -0.509. The van der Waals surface area contributed by atoms with Gasteiger partial charge in [0.05, 0.1) is 23.7 Å². The molecule has 3 heterocycles. The van der Waals surface area contributed by atoms with Crippen LogP contribution in [0.3, 0.4) is 0 Å². The van der Waals surface area contributed by atoms with Crippen molar-refractivity contribution < 1.29 is 13.9 Å². The van der Waals surface area contributed by atoms with Gasteiger partial charge < -0.3 is 26.4 Å². The second-order valence-corrected chi connectivity index (χ2v) is 8.83. The molecule has 10 nitrogen and oxygen atoms in total. The molecule has 2 aromatic carbocycles. The van der Waals surface area contributed by atoms with Crippen LogP contribution in [0.4, 0.5) is 21.7 Å². The Hall–Kier alpha value is -3.83. The van der Waals surface area contributed by atoms with Crippen molar-refractivity contribution >= 4 is 45.0 Å². The molecular weight excluding hydrogens is 451 g/mol. The van der Waals surface area contributed by atoms with Crippen molar-refractivity contribution in [3.8, 4) is 0 Å². The molecule has 1 amide bonds. The van der Waals surface area contributed by atoms with Crippen molar-refractivity contribution in [2.45, 2.75) is 25.4 Å². The van der Waals surface area contributed by atoms with E-state index in [2.05, 4.69) is 31.0 Å². The van der Waals surface area contributed by atoms with E-state index < -0.39 is 11.7 Å². The summed E-state index contributed by atoms with van der Waals surface area (Å²) in [6, 6.07) is 6.48. The summed E-state index contributed by atoms with van der Waals surface area (Å²) in [5, 5.41) is 14.7. The third kappa shape index (κ3) is 4.86. The first kappa shape index (κ1) is 22.9. The highest BCUT2D eigenvalue weighted by Gasteiger charge is 2.20. The summed E-state index contributed by atoms with van der Waals surface area (Å²) in [6.07, 6.45) is 4.23. The number of rotatable bonds is 7. The quantitative estimate of drug-likeness (QED) is 0.319. The predicted molar refractivity (Wildman–Crippen MR) is 133 cm³/mol. The molecule has 1 saturated heterocycles. The predicted octanol–water partition coefficient (Wildman–Crippen LogP) is 2.87. The van der Waals surface area contributed by atoms with Crippen LogP contribution in [0.5, 0.6) is 0 Å². The first-order chi connectivity index (χ1) is 16.9. The van der Waals surface area contributed by atoms with E-state index in [0.717, 1.165) is 12.1 Å². The first-order valence-corrected chi connectivity index (χ1v) is 11.4. The fourth-order valence-electron chi connectivity index (χ4n) is 4.11. The summed E-state index contributed by atoms with van der Waals surface area (Å²) < 4.78 is 21.5. The Balaban J connectivity index is 1.50. The molecule has 182 valence electrons. The molecule has 1 aliphatic rings. The first-order valence-electron chi connectivity index (χ1n) is 11.4. The number of aromatic nitrogens is 4. The minimum Gasteiger partial charge on any atom is -0.383 e. The summed E-state index contributed by atoms with van der Waals surface area (Å²) in [7, 11) is 1.72. The maximum Gasteiger partial charge on any atom is 0.257 e. The van der Waals surface area contributed by atoms with Crippen molar-refractivity contribution in [1.82, 2.24) is 19.7 Å². The molecular formula is C24H27FN8O2. The van der Waals surface area contributed by atoms with Crippen LogP contribution in [0.15, 0.2) is 36.7 Å². The number of aryl methyl sites for hydroxylation is 1. The van der Waals surface area contributed by atoms with E-state index in [9.17, 15) is 9.18 Å². The molecule has 0 bridgehead atoms. The highest BCUT2D eigenvalue weighted by Crippen LogP contribution is 2.28. The number of benzene rings is 2. The molecule has 2 aromatic heterocycles. The standard InChI is InChI=1S/C24H27FN8O2/c1-13(26)9-27-20-4-3-17(22-18(20)10-28-24(31-22)30-15-5-6-35-12-15)23(34)29-16-7-14-11-33(2)32-21(14)19(25)8-16/h3-4,7-8,10-11,13,15,27H,5-6,9,12,26H2,1-2H3,(H,29,34)(H,28,30,31)/t13-,15?/m0/s1. The smallest absolute Gasteiger partial charge is 0.257 e. The van der Waals surface area contributed by atoms with Gasteiger partial charge >= 0.3 is 0 Å². The maximum absolute atomic E-state index is 14.5. The van der Waals surface area contributed by atoms with Gasteiger partial charge in [-0.3, -0.25) is 9.48 Å². The summed E-state index contributed by atoms with van der Waals surface area (Å²) >= 11 is 0. The number of ether oxygens (including phenoxy) is 1. The second-order valence-electron chi connectivity index (χ2n) is 8.83. The van der Waals surface area contributed by atoms with E-state index in [-0.39, 0.29) is 17.6 Å². The van der Waals surface area contributed by atoms with Crippen molar-refractivity contribution in [3.05, 3.63) is 48.0 Å². The van der Waals surface area contributed by atoms with Crippen LogP contribution in [0.2, 0.25) is 0 Å². The molecule has 0 spiro atoms. The van der Waals surface area contributed by atoms with Gasteiger partial charge in [0, 0.05) is 60.8 Å². The van der Waals surface area contributed by atoms with Gasteiger partial charge in [-0.05, 0) is 37.6 Å². The third-order valence-electron chi connectivity index (χ3n) is 5.81. The zero-order chi connectivity index (χ0) is 24.5. The number of carbonyl (C=O) groups is 1. The Bertz CT molecular complexity index is 1400. The van der Waals surface area contributed by atoms with E-state index in [1.165, 1.54) is 10.7 Å². The molecule has 0 aliphatic carbocycles. The molecule has 5 N–H and O–H groups in total. The van der Waals surface area contributed by atoms with E-state index in [1.54, 1.807) is 37.6 Å². The van der Waals surface area contributed by atoms with Crippen molar-refractivity contribution in [2.24, 2.45) is 12.8 Å². The molecule has 0 saturated carbocycles. The van der Waals surface area contributed by atoms with Gasteiger partial charge in [-0.1, -0.05) is 0 Å². The van der Waals surface area contributed by atoms with Crippen molar-refractivity contribution in [2.75, 3.05) is 35.7 Å². The van der Waals surface area contributed by atoms with E-state index in [1.807, 2.05) is 6.92 Å². The van der Waals surface area contributed by atoms with Crippen LogP contribution in [0, 0.1) is 5.82 Å². The van der Waals surface area contributed by atoms with Crippen molar-refractivity contribution in [3.63, 3.8) is 0 Å². The summed E-state index contributed by atoms with van der Waals surface area (Å²) in [5.41, 5.74) is 8.06. The molecule has 35 heavy (non-hydrogen) atoms. The topological polar surface area (TPSA) is 132 Å². The second kappa shape index (κ2) is 9.43. The van der Waals surface area contributed by atoms with Gasteiger partial charge in [0.1, 0.15) is 5.52 Å². The van der Waals surface area contributed by atoms with Gasteiger partial charge in [0.2, 0.25) is 5.95 Å². The lowest BCUT2D eigenvalue weighted by Crippen LogP contribution is -2.25. The number of hydrogen-bond acceptors (Lipinski definition) is 8. The highest BCUT2D eigenvalue weighted by molar-refractivity contribution is 6.14. The largest absolute Gasteiger partial charge is 0.383 e. The number of nitrogens with two attached hydrogens (primary N) is 1. The number of halogens is 1. The van der Waals surface area contributed by atoms with E-state index in [0.29, 0.717) is 53.2 Å². The highest BCUT2D eigenvalue weighted by atomic mass is 19.1. The Morgan fingerprint density at radius 3 is 2.97 bits per heavy atom. The van der Waals surface area contributed by atoms with Crippen LogP contribution in [-0.2, 0) is 11.8 Å². The maximum atomic E-state index is 14.5. The summed E-state index contributed by atoms with van der Waals surface area (Å²) in [6.45, 7) is 3.71. The molecule has 2 atom stereocenters. The average Bonchev–Trinajstić information content (AvgIpc) is 3.46. The molecule has 1 fully saturated rings. The summed E-state index contributed by atoms with van der Waals surface area (Å²) in [4.78, 5) is 22.4. The number of nitrogens with zero attached hydrogens (tertiary/aromatic N) is 4. The van der Waals surface area contributed by atoms with Crippen molar-refractivity contribution in [1.29, 1.82) is 0 Å². The number of hydrogen-bond donors (Lipinski definition) is 4. The van der Waals surface area contributed by atoms with Gasteiger partial charge in [0.15, 0.2) is 5.82 Å². The zero-order valence-corrected chi connectivity index (χ0v) is 19.5. The lowest BCUT2D eigenvalue weighted by molar-refractivity contribution is 0.102. The van der Waals surface area contributed by atoms with Gasteiger partial charge in [-0.15, -0.1) is 0 Å². The lowest BCUT2D eigenvalue weighted by Gasteiger charge is -2.16. The zero-order valence-electron chi connectivity index (χ0n) is 19.5. The molecule has 4 aromatic rings. The Morgan fingerprint density at radius 1 is 1.34 bits per heavy atom. The number of anilines is 3. The monoisotopic (exact) mass is 478 g/mol. The van der Waals surface area contributed by atoms with Crippen LogP contribution in [0.25, 0.3) is 21.8 Å². The number of nitrogens with one attached hydrogen (secondary N) is 3. The minimum absolute atomic E-state index is 0.0606. The average molecular weight is 479 g/mol. The Labute approximate surface area is 201 Å². The Kier molecular flexibility index (Phi) is 6.18. The van der Waals surface area contributed by atoms with E-state index in [4.69, 9.17) is 10.5 Å². The van der Waals surface area contributed by atoms with Crippen LogP contribution >= 0.6 is 0 Å². The van der Waals surface area contributed by atoms with Gasteiger partial charge in [0.25, 0.3) is 5.91 Å². The minimum atomic E-state index is -0.508. The fraction of sp³-hybridized carbons (Fsp3) is 0.333. The molecule has 1 unspecified atom stereocenters. The van der Waals surface area contributed by atoms with Crippen LogP contribution < -0.4 is 21.7 Å². The fourth-order valence-corrected chi connectivity index (χ4v) is 4.11. The number of carbonyl (C=O) groups excluding carboxylic acids is 1. The Morgan fingerprint density at radius 2 is 2.20 bits per heavy atom. The number of fused-ring (bicyclic) bond motifs is 2. The van der Waals surface area contributed by atoms with Gasteiger partial charge in [-0.25, -0.2) is 14.4 Å². The normalized spacial score (nSPS) is 16.5. The lowest BCUT2D eigenvalue weighted by atomic mass is 10.1. The molecule has 0 radical (unpaired) electrons. The van der Waals surface area contributed by atoms with Crippen LogP contribution in [0.1, 0.15) is 23.7 Å². The molecule has 11 heteroatoms. The SMILES string of the molecule is C[C@H](N)CNc1ccc(C(=O)Nc2cc(F)c3nn(C)cc3c2)c2nc(NC3CCOC3)ncc12. The third-order valence-corrected chi connectivity index (χ3v) is 5.81. The molecule has 1 aliphatic heterocycles.